The van der Waals surface area contributed by atoms with Gasteiger partial charge >= 0.3 is 0 Å². The Morgan fingerprint density at radius 1 is 1.35 bits per heavy atom. The molecular weight excluding hydrogens is 321 g/mol. The maximum Gasteiger partial charge on any atom is 0.252 e. The van der Waals surface area contributed by atoms with Crippen molar-refractivity contribution in [1.29, 1.82) is 0 Å². The number of hydrogen-bond acceptors (Lipinski definition) is 1. The van der Waals surface area contributed by atoms with E-state index in [-0.39, 0.29) is 15.8 Å². The number of benzene rings is 1. The molecule has 0 saturated heterocycles. The lowest BCUT2D eigenvalue weighted by atomic mass is 9.87. The number of amides is 1. The molecule has 0 spiro atoms. The van der Waals surface area contributed by atoms with Crippen molar-refractivity contribution < 1.29 is 9.18 Å². The molecule has 4 heteroatoms. The molecule has 0 aliphatic rings. The average Bonchev–Trinajstić information content (AvgIpc) is 2.39. The highest BCUT2D eigenvalue weighted by molar-refractivity contribution is 9.10. The van der Waals surface area contributed by atoms with Gasteiger partial charge in [-0.3, -0.25) is 4.79 Å². The van der Waals surface area contributed by atoms with Crippen molar-refractivity contribution in [3.8, 4) is 0 Å². The Kier molecular flexibility index (Phi) is 6.66. The summed E-state index contributed by atoms with van der Waals surface area (Å²) >= 11 is 3.12. The van der Waals surface area contributed by atoms with Gasteiger partial charge in [-0.2, -0.15) is 0 Å². The van der Waals surface area contributed by atoms with Crippen LogP contribution < -0.4 is 5.32 Å². The van der Waals surface area contributed by atoms with Gasteiger partial charge < -0.3 is 5.32 Å². The molecule has 112 valence electrons. The van der Waals surface area contributed by atoms with Gasteiger partial charge in [0.25, 0.3) is 5.91 Å². The Morgan fingerprint density at radius 2 is 2.05 bits per heavy atom. The van der Waals surface area contributed by atoms with Crippen LogP contribution >= 0.6 is 15.9 Å². The summed E-state index contributed by atoms with van der Waals surface area (Å²) in [6.45, 7) is 7.06. The number of carbonyl (C=O) groups is 1. The Balaban J connectivity index is 2.56. The summed E-state index contributed by atoms with van der Waals surface area (Å²) in [7, 11) is 0. The number of carbonyl (C=O) groups excluding carboxylic acids is 1. The summed E-state index contributed by atoms with van der Waals surface area (Å²) in [5.41, 5.74) is 0.402. The van der Waals surface area contributed by atoms with Crippen LogP contribution in [0, 0.1) is 11.2 Å². The van der Waals surface area contributed by atoms with Crippen molar-refractivity contribution in [2.24, 2.45) is 5.41 Å². The highest BCUT2D eigenvalue weighted by Gasteiger charge is 2.20. The summed E-state index contributed by atoms with van der Waals surface area (Å²) in [6.07, 6.45) is 4.65. The first-order chi connectivity index (χ1) is 9.37. The van der Waals surface area contributed by atoms with E-state index in [1.54, 1.807) is 12.1 Å². The molecule has 0 aromatic heterocycles. The molecule has 1 rings (SSSR count). The Bertz CT molecular complexity index is 460. The van der Waals surface area contributed by atoms with Gasteiger partial charge in [-0.15, -0.1) is 0 Å². The van der Waals surface area contributed by atoms with Crippen molar-refractivity contribution >= 4 is 21.8 Å². The third-order valence-corrected chi connectivity index (χ3v) is 4.19. The van der Waals surface area contributed by atoms with Crippen LogP contribution in [0.1, 0.15) is 56.8 Å². The standard InChI is InChI=1S/C16H23BrFNO/c1-4-5-6-10-16(2,3)11-19-15(20)12-8-7-9-13(18)14(12)17/h7-9H,4-6,10-11H2,1-3H3,(H,19,20). The van der Waals surface area contributed by atoms with Crippen molar-refractivity contribution in [3.63, 3.8) is 0 Å². The fourth-order valence-electron chi connectivity index (χ4n) is 2.04. The van der Waals surface area contributed by atoms with Crippen LogP contribution in [0.2, 0.25) is 0 Å². The van der Waals surface area contributed by atoms with E-state index in [1.807, 2.05) is 0 Å². The molecule has 0 atom stereocenters. The molecule has 0 saturated carbocycles. The SMILES string of the molecule is CCCCCC(C)(C)CNC(=O)c1cccc(F)c1Br. The Morgan fingerprint density at radius 3 is 2.70 bits per heavy atom. The minimum atomic E-state index is -0.417. The normalized spacial score (nSPS) is 11.4. The second kappa shape index (κ2) is 7.77. The second-order valence-electron chi connectivity index (χ2n) is 5.91. The maximum atomic E-state index is 13.4. The molecule has 0 heterocycles. The van der Waals surface area contributed by atoms with Gasteiger partial charge in [0.1, 0.15) is 5.82 Å². The first-order valence-electron chi connectivity index (χ1n) is 7.09. The van der Waals surface area contributed by atoms with Crippen LogP contribution in [0.4, 0.5) is 4.39 Å². The smallest absolute Gasteiger partial charge is 0.252 e. The summed E-state index contributed by atoms with van der Waals surface area (Å²) < 4.78 is 13.6. The molecule has 0 fully saturated rings. The molecule has 0 radical (unpaired) electrons. The van der Waals surface area contributed by atoms with E-state index in [0.717, 1.165) is 6.42 Å². The van der Waals surface area contributed by atoms with Crippen LogP contribution in [-0.2, 0) is 0 Å². The van der Waals surface area contributed by atoms with Gasteiger partial charge in [0.15, 0.2) is 0 Å². The van der Waals surface area contributed by atoms with Crippen LogP contribution in [0.25, 0.3) is 0 Å². The van der Waals surface area contributed by atoms with Gasteiger partial charge in [-0.25, -0.2) is 4.39 Å². The molecule has 2 nitrogen and oxygen atoms in total. The van der Waals surface area contributed by atoms with E-state index < -0.39 is 5.82 Å². The summed E-state index contributed by atoms with van der Waals surface area (Å²) in [6, 6.07) is 4.49. The van der Waals surface area contributed by atoms with Crippen molar-refractivity contribution in [3.05, 3.63) is 34.1 Å². The zero-order valence-electron chi connectivity index (χ0n) is 12.4. The van der Waals surface area contributed by atoms with E-state index in [2.05, 4.69) is 42.0 Å². The van der Waals surface area contributed by atoms with Crippen molar-refractivity contribution in [2.45, 2.75) is 46.5 Å². The van der Waals surface area contributed by atoms with E-state index in [0.29, 0.717) is 12.1 Å². The highest BCUT2D eigenvalue weighted by atomic mass is 79.9. The summed E-state index contributed by atoms with van der Waals surface area (Å²) in [4.78, 5) is 12.1. The lowest BCUT2D eigenvalue weighted by Crippen LogP contribution is -2.34. The molecular formula is C16H23BrFNO. The topological polar surface area (TPSA) is 29.1 Å². The first-order valence-corrected chi connectivity index (χ1v) is 7.89. The number of unbranched alkanes of at least 4 members (excludes halogenated alkanes) is 2. The third kappa shape index (κ3) is 5.23. The van der Waals surface area contributed by atoms with Gasteiger partial charge in [0.2, 0.25) is 0 Å². The fraction of sp³-hybridized carbons (Fsp3) is 0.562. The van der Waals surface area contributed by atoms with Crippen LogP contribution in [-0.4, -0.2) is 12.5 Å². The zero-order chi connectivity index (χ0) is 15.2. The molecule has 1 aromatic carbocycles. The van der Waals surface area contributed by atoms with Gasteiger partial charge in [-0.05, 0) is 39.9 Å². The molecule has 0 bridgehead atoms. The Hall–Kier alpha value is -0.900. The van der Waals surface area contributed by atoms with Crippen LogP contribution in [0.3, 0.4) is 0 Å². The summed E-state index contributed by atoms with van der Waals surface area (Å²) in [5.74, 6) is -0.653. The quantitative estimate of drug-likeness (QED) is 0.699. The van der Waals surface area contributed by atoms with Crippen LogP contribution in [0.15, 0.2) is 22.7 Å². The largest absolute Gasteiger partial charge is 0.351 e. The van der Waals surface area contributed by atoms with Crippen molar-refractivity contribution in [2.75, 3.05) is 6.54 Å². The van der Waals surface area contributed by atoms with E-state index in [4.69, 9.17) is 0 Å². The number of rotatable bonds is 7. The van der Waals surface area contributed by atoms with Crippen molar-refractivity contribution in [1.82, 2.24) is 5.32 Å². The zero-order valence-corrected chi connectivity index (χ0v) is 14.0. The van der Waals surface area contributed by atoms with Crippen LogP contribution in [0.5, 0.6) is 0 Å². The minimum absolute atomic E-state index is 0.0601. The predicted octanol–water partition coefficient (Wildman–Crippen LogP) is 4.92. The lowest BCUT2D eigenvalue weighted by molar-refractivity contribution is 0.0932. The number of hydrogen-bond donors (Lipinski definition) is 1. The number of nitrogens with one attached hydrogen (secondary N) is 1. The molecule has 0 aliphatic carbocycles. The maximum absolute atomic E-state index is 13.4. The first kappa shape index (κ1) is 17.2. The van der Waals surface area contributed by atoms with Gasteiger partial charge in [0, 0.05) is 6.54 Å². The fourth-order valence-corrected chi connectivity index (χ4v) is 2.48. The van der Waals surface area contributed by atoms with E-state index >= 15 is 0 Å². The molecule has 0 aliphatic heterocycles. The highest BCUT2D eigenvalue weighted by Crippen LogP contribution is 2.24. The molecule has 1 aromatic rings. The van der Waals surface area contributed by atoms with E-state index in [9.17, 15) is 9.18 Å². The van der Waals surface area contributed by atoms with E-state index in [1.165, 1.54) is 25.3 Å². The van der Waals surface area contributed by atoms with Gasteiger partial charge in [0.05, 0.1) is 10.0 Å². The molecule has 1 amide bonds. The second-order valence-corrected chi connectivity index (χ2v) is 6.70. The lowest BCUT2D eigenvalue weighted by Gasteiger charge is -2.25. The molecule has 20 heavy (non-hydrogen) atoms. The molecule has 0 unspecified atom stereocenters. The number of halogens is 2. The van der Waals surface area contributed by atoms with Gasteiger partial charge in [-0.1, -0.05) is 46.1 Å². The third-order valence-electron chi connectivity index (χ3n) is 3.38. The average molecular weight is 344 g/mol. The monoisotopic (exact) mass is 343 g/mol. The molecule has 1 N–H and O–H groups in total. The minimum Gasteiger partial charge on any atom is -0.351 e. The summed E-state index contributed by atoms with van der Waals surface area (Å²) in [5, 5.41) is 2.90. The predicted molar refractivity (Wildman–Crippen MR) is 84.4 cm³/mol. The Labute approximate surface area is 129 Å².